The maximum absolute atomic E-state index is 12.3. The first-order valence-corrected chi connectivity index (χ1v) is 7.16. The Morgan fingerprint density at radius 1 is 1.37 bits per heavy atom. The Labute approximate surface area is 115 Å². The van der Waals surface area contributed by atoms with Gasteiger partial charge < -0.3 is 10.5 Å². The van der Waals surface area contributed by atoms with Crippen molar-refractivity contribution in [3.05, 3.63) is 47.7 Å². The Kier molecular flexibility index (Phi) is 4.16. The minimum Gasteiger partial charge on any atom is -0.496 e. The smallest absolute Gasteiger partial charge is 0.150 e. The van der Waals surface area contributed by atoms with Crippen molar-refractivity contribution in [2.24, 2.45) is 0 Å². The van der Waals surface area contributed by atoms with Crippen LogP contribution >= 0.6 is 0 Å². The van der Waals surface area contributed by atoms with Crippen LogP contribution in [0, 0.1) is 6.92 Å². The average Bonchev–Trinajstić information content (AvgIpc) is 2.39. The molecule has 4 nitrogen and oxygen atoms in total. The second-order valence-electron chi connectivity index (χ2n) is 4.20. The van der Waals surface area contributed by atoms with Crippen molar-refractivity contribution in [3.8, 4) is 5.75 Å². The van der Waals surface area contributed by atoms with E-state index in [-0.39, 0.29) is 0 Å². The molecule has 0 aliphatic heterocycles. The van der Waals surface area contributed by atoms with E-state index in [1.807, 2.05) is 25.1 Å². The predicted molar refractivity (Wildman–Crippen MR) is 76.5 cm³/mol. The van der Waals surface area contributed by atoms with E-state index in [2.05, 4.69) is 4.98 Å². The molecule has 2 rings (SSSR count). The Hall–Kier alpha value is -1.88. The second-order valence-corrected chi connectivity index (χ2v) is 5.57. The van der Waals surface area contributed by atoms with Crippen molar-refractivity contribution in [2.45, 2.75) is 17.7 Å². The number of aryl methyl sites for hydroxylation is 1. The molecule has 0 spiro atoms. The maximum Gasteiger partial charge on any atom is 0.150 e. The van der Waals surface area contributed by atoms with E-state index >= 15 is 0 Å². The lowest BCUT2D eigenvalue weighted by Gasteiger charge is -2.10. The van der Waals surface area contributed by atoms with Crippen LogP contribution in [0.2, 0.25) is 0 Å². The molecule has 0 bridgehead atoms. The predicted octanol–water partition coefficient (Wildman–Crippen LogP) is 2.29. The summed E-state index contributed by atoms with van der Waals surface area (Å²) in [6, 6.07) is 9.23. The summed E-state index contributed by atoms with van der Waals surface area (Å²) in [7, 11) is 0.321. The van der Waals surface area contributed by atoms with Gasteiger partial charge in [-0.2, -0.15) is 0 Å². The minimum atomic E-state index is -1.28. The van der Waals surface area contributed by atoms with Crippen molar-refractivity contribution in [2.75, 3.05) is 12.8 Å². The van der Waals surface area contributed by atoms with Crippen LogP contribution < -0.4 is 10.5 Å². The van der Waals surface area contributed by atoms with Gasteiger partial charge in [-0.1, -0.05) is 17.7 Å². The van der Waals surface area contributed by atoms with Gasteiger partial charge in [0.25, 0.3) is 0 Å². The van der Waals surface area contributed by atoms with Crippen LogP contribution in [0.4, 0.5) is 5.69 Å². The summed E-state index contributed by atoms with van der Waals surface area (Å²) in [6.45, 7) is 1.99. The Morgan fingerprint density at radius 2 is 2.16 bits per heavy atom. The Bertz CT molecular complexity index is 614. The first-order valence-electron chi connectivity index (χ1n) is 5.84. The van der Waals surface area contributed by atoms with Gasteiger partial charge in [0, 0.05) is 11.8 Å². The molecule has 1 aromatic carbocycles. The van der Waals surface area contributed by atoms with E-state index in [4.69, 9.17) is 10.5 Å². The molecule has 0 saturated heterocycles. The van der Waals surface area contributed by atoms with E-state index < -0.39 is 10.8 Å². The first-order chi connectivity index (χ1) is 9.11. The molecule has 1 aromatic heterocycles. The fourth-order valence-corrected chi connectivity index (χ4v) is 2.98. The number of hydrogen-bond acceptors (Lipinski definition) is 4. The van der Waals surface area contributed by atoms with Gasteiger partial charge >= 0.3 is 0 Å². The molecule has 5 heteroatoms. The fraction of sp³-hybridized carbons (Fsp3) is 0.214. The second kappa shape index (κ2) is 5.84. The molecule has 2 aromatic rings. The number of ether oxygens (including phenoxy) is 1. The summed E-state index contributed by atoms with van der Waals surface area (Å²) in [5.41, 5.74) is 8.23. The molecule has 0 aliphatic carbocycles. The monoisotopic (exact) mass is 276 g/mol. The van der Waals surface area contributed by atoms with Gasteiger partial charge in [0.05, 0.1) is 29.3 Å². The van der Waals surface area contributed by atoms with E-state index in [9.17, 15) is 4.21 Å². The largest absolute Gasteiger partial charge is 0.496 e. The molecule has 1 atom stereocenters. The topological polar surface area (TPSA) is 65.2 Å². The van der Waals surface area contributed by atoms with E-state index in [0.717, 1.165) is 16.9 Å². The van der Waals surface area contributed by atoms with E-state index in [1.54, 1.807) is 25.4 Å². The van der Waals surface area contributed by atoms with Gasteiger partial charge in [0.1, 0.15) is 10.8 Å². The SMILES string of the molecule is COc1ccc(C)cc1CS(=O)c1ncccc1N. The number of methoxy groups -OCH3 is 1. The lowest BCUT2D eigenvalue weighted by atomic mass is 10.1. The molecule has 2 N–H and O–H groups in total. The normalized spacial score (nSPS) is 12.1. The van der Waals surface area contributed by atoms with E-state index in [0.29, 0.717) is 16.5 Å². The number of nitrogen functional groups attached to an aromatic ring is 1. The number of hydrogen-bond donors (Lipinski definition) is 1. The summed E-state index contributed by atoms with van der Waals surface area (Å²) in [5, 5.41) is 0.422. The Morgan fingerprint density at radius 3 is 2.84 bits per heavy atom. The summed E-state index contributed by atoms with van der Waals surface area (Å²) >= 11 is 0. The van der Waals surface area contributed by atoms with Crippen LogP contribution in [0.15, 0.2) is 41.6 Å². The summed E-state index contributed by atoms with van der Waals surface area (Å²) < 4.78 is 17.6. The highest BCUT2D eigenvalue weighted by atomic mass is 32.2. The first kappa shape index (κ1) is 13.5. The standard InChI is InChI=1S/C14H16N2O2S/c1-10-5-6-13(18-2)11(8-10)9-19(17)14-12(15)4-3-7-16-14/h3-8H,9,15H2,1-2H3. The van der Waals surface area contributed by atoms with Gasteiger partial charge in [-0.3, -0.25) is 4.21 Å². The summed E-state index contributed by atoms with van der Waals surface area (Å²) in [6.07, 6.45) is 1.59. The third-order valence-electron chi connectivity index (χ3n) is 2.74. The molecular weight excluding hydrogens is 260 g/mol. The zero-order valence-corrected chi connectivity index (χ0v) is 11.7. The highest BCUT2D eigenvalue weighted by molar-refractivity contribution is 7.84. The quantitative estimate of drug-likeness (QED) is 0.930. The number of benzene rings is 1. The van der Waals surface area contributed by atoms with Crippen LogP contribution in [0.3, 0.4) is 0 Å². The van der Waals surface area contributed by atoms with Crippen LogP contribution in [0.5, 0.6) is 5.75 Å². The third-order valence-corrected chi connectivity index (χ3v) is 4.08. The number of rotatable bonds is 4. The van der Waals surface area contributed by atoms with Crippen LogP contribution in [-0.4, -0.2) is 16.3 Å². The highest BCUT2D eigenvalue weighted by Gasteiger charge is 2.13. The van der Waals surface area contributed by atoms with E-state index in [1.165, 1.54) is 0 Å². The number of anilines is 1. The molecule has 0 saturated carbocycles. The fourth-order valence-electron chi connectivity index (χ4n) is 1.82. The van der Waals surface area contributed by atoms with Gasteiger partial charge in [-0.25, -0.2) is 4.98 Å². The van der Waals surface area contributed by atoms with Gasteiger partial charge in [-0.05, 0) is 25.1 Å². The molecule has 0 amide bonds. The van der Waals surface area contributed by atoms with Crippen molar-refractivity contribution in [1.82, 2.24) is 4.98 Å². The van der Waals surface area contributed by atoms with Gasteiger partial charge in [0.15, 0.2) is 0 Å². The number of aromatic nitrogens is 1. The van der Waals surface area contributed by atoms with Crippen LogP contribution in [-0.2, 0) is 16.6 Å². The maximum atomic E-state index is 12.3. The minimum absolute atomic E-state index is 0.339. The molecule has 1 heterocycles. The number of nitrogens with zero attached hydrogens (tertiary/aromatic N) is 1. The van der Waals surface area contributed by atoms with Crippen molar-refractivity contribution in [3.63, 3.8) is 0 Å². The molecule has 0 aliphatic rings. The number of pyridine rings is 1. The summed E-state index contributed by atoms with van der Waals surface area (Å²) in [4.78, 5) is 4.09. The van der Waals surface area contributed by atoms with Crippen molar-refractivity contribution in [1.29, 1.82) is 0 Å². The molecule has 100 valence electrons. The van der Waals surface area contributed by atoms with Crippen LogP contribution in [0.25, 0.3) is 0 Å². The molecular formula is C14H16N2O2S. The molecule has 19 heavy (non-hydrogen) atoms. The van der Waals surface area contributed by atoms with Crippen molar-refractivity contribution >= 4 is 16.5 Å². The van der Waals surface area contributed by atoms with Crippen molar-refractivity contribution < 1.29 is 8.95 Å². The average molecular weight is 276 g/mol. The van der Waals surface area contributed by atoms with Crippen LogP contribution in [0.1, 0.15) is 11.1 Å². The lowest BCUT2D eigenvalue weighted by molar-refractivity contribution is 0.411. The molecule has 0 fully saturated rings. The molecule has 0 radical (unpaired) electrons. The lowest BCUT2D eigenvalue weighted by Crippen LogP contribution is -2.04. The van der Waals surface area contributed by atoms with Gasteiger partial charge in [0.2, 0.25) is 0 Å². The Balaban J connectivity index is 2.29. The molecule has 1 unspecified atom stereocenters. The zero-order chi connectivity index (χ0) is 13.8. The van der Waals surface area contributed by atoms with Gasteiger partial charge in [-0.15, -0.1) is 0 Å². The number of nitrogens with two attached hydrogens (primary N) is 1. The third kappa shape index (κ3) is 3.12. The summed E-state index contributed by atoms with van der Waals surface area (Å²) in [5.74, 6) is 1.07. The zero-order valence-electron chi connectivity index (χ0n) is 10.9. The highest BCUT2D eigenvalue weighted by Crippen LogP contribution is 2.24.